The van der Waals surface area contributed by atoms with Crippen LogP contribution < -0.4 is 10.1 Å². The lowest BCUT2D eigenvalue weighted by molar-refractivity contribution is 0.141. The third kappa shape index (κ3) is 4.28. The molecule has 1 rings (SSSR count). The van der Waals surface area contributed by atoms with E-state index in [2.05, 4.69) is 15.3 Å². The summed E-state index contributed by atoms with van der Waals surface area (Å²) in [5.74, 6) is 0.586. The fourth-order valence-electron chi connectivity index (χ4n) is 1.68. The Kier molecular flexibility index (Phi) is 6.50. The maximum Gasteiger partial charge on any atom is 0.236 e. The summed E-state index contributed by atoms with van der Waals surface area (Å²) in [5.41, 5.74) is 0.856. The van der Waals surface area contributed by atoms with Crippen molar-refractivity contribution in [3.05, 3.63) is 18.1 Å². The lowest BCUT2D eigenvalue weighted by Gasteiger charge is -2.17. The molecule has 0 aliphatic rings. The topological polar surface area (TPSA) is 56.3 Å². The van der Waals surface area contributed by atoms with Crippen molar-refractivity contribution in [1.29, 1.82) is 0 Å². The first-order chi connectivity index (χ1) is 8.33. The highest BCUT2D eigenvalue weighted by Crippen LogP contribution is 2.23. The Morgan fingerprint density at radius 2 is 2.12 bits per heavy atom. The van der Waals surface area contributed by atoms with Gasteiger partial charge in [0, 0.05) is 25.6 Å². The van der Waals surface area contributed by atoms with E-state index in [1.54, 1.807) is 19.5 Å². The van der Waals surface area contributed by atoms with Crippen LogP contribution in [0.25, 0.3) is 0 Å². The van der Waals surface area contributed by atoms with Gasteiger partial charge in [0.1, 0.15) is 5.69 Å². The summed E-state index contributed by atoms with van der Waals surface area (Å²) in [6.07, 6.45) is 5.25. The zero-order chi connectivity index (χ0) is 12.5. The largest absolute Gasteiger partial charge is 0.480 e. The average molecular weight is 239 g/mol. The van der Waals surface area contributed by atoms with Crippen molar-refractivity contribution in [2.24, 2.45) is 0 Å². The van der Waals surface area contributed by atoms with Crippen LogP contribution >= 0.6 is 0 Å². The number of nitrogens with zero attached hydrogens (tertiary/aromatic N) is 2. The molecule has 1 aromatic heterocycles. The second-order valence-electron chi connectivity index (χ2n) is 3.63. The molecule has 0 spiro atoms. The molecule has 0 fully saturated rings. The van der Waals surface area contributed by atoms with Crippen molar-refractivity contribution in [1.82, 2.24) is 15.3 Å². The Labute approximate surface area is 103 Å². The second-order valence-corrected chi connectivity index (χ2v) is 3.63. The van der Waals surface area contributed by atoms with Gasteiger partial charge in [0.25, 0.3) is 0 Å². The molecule has 5 nitrogen and oxygen atoms in total. The highest BCUT2D eigenvalue weighted by atomic mass is 16.5. The number of nitrogens with one attached hydrogen (secondary N) is 1. The zero-order valence-corrected chi connectivity index (χ0v) is 10.8. The minimum atomic E-state index is 0.152. The number of hydrogen-bond donors (Lipinski definition) is 1. The molecule has 0 saturated carbocycles. The molecule has 0 aromatic carbocycles. The van der Waals surface area contributed by atoms with Crippen LogP contribution in [0.2, 0.25) is 0 Å². The van der Waals surface area contributed by atoms with E-state index in [9.17, 15) is 0 Å². The number of methoxy groups -OCH3 is 1. The summed E-state index contributed by atoms with van der Waals surface area (Å²) in [6, 6.07) is 0.152. The Hall–Kier alpha value is -1.20. The molecule has 0 radical (unpaired) electrons. The smallest absolute Gasteiger partial charge is 0.236 e. The summed E-state index contributed by atoms with van der Waals surface area (Å²) in [5, 5.41) is 3.23. The third-order valence-corrected chi connectivity index (χ3v) is 2.55. The minimum Gasteiger partial charge on any atom is -0.480 e. The highest BCUT2D eigenvalue weighted by Gasteiger charge is 2.16. The van der Waals surface area contributed by atoms with Gasteiger partial charge in [-0.05, 0) is 26.8 Å². The number of hydrogen-bond acceptors (Lipinski definition) is 5. The Morgan fingerprint density at radius 3 is 2.76 bits per heavy atom. The zero-order valence-electron chi connectivity index (χ0n) is 10.8. The maximum atomic E-state index is 5.33. The van der Waals surface area contributed by atoms with Crippen LogP contribution in [0.1, 0.15) is 31.5 Å². The van der Waals surface area contributed by atoms with Crippen molar-refractivity contribution < 1.29 is 9.47 Å². The van der Waals surface area contributed by atoms with Gasteiger partial charge in [0.15, 0.2) is 0 Å². The monoisotopic (exact) mass is 239 g/mol. The molecule has 0 aliphatic heterocycles. The van der Waals surface area contributed by atoms with Gasteiger partial charge in [-0.2, -0.15) is 0 Å². The standard InChI is InChI=1S/C12H21N3O2/c1-4-17-9-5-6-10(13-2)11-12(16-3)15-8-7-14-11/h7-8,10,13H,4-6,9H2,1-3H3. The van der Waals surface area contributed by atoms with E-state index in [1.165, 1.54) is 0 Å². The fraction of sp³-hybridized carbons (Fsp3) is 0.667. The number of aromatic nitrogens is 2. The number of ether oxygens (including phenoxy) is 2. The molecule has 1 unspecified atom stereocenters. The van der Waals surface area contributed by atoms with Gasteiger partial charge in [0.2, 0.25) is 5.88 Å². The maximum absolute atomic E-state index is 5.33. The van der Waals surface area contributed by atoms with Gasteiger partial charge < -0.3 is 14.8 Å². The molecule has 0 saturated heterocycles. The highest BCUT2D eigenvalue weighted by molar-refractivity contribution is 5.20. The van der Waals surface area contributed by atoms with Gasteiger partial charge in [0.05, 0.1) is 13.2 Å². The summed E-state index contributed by atoms with van der Waals surface area (Å²) in [4.78, 5) is 8.48. The third-order valence-electron chi connectivity index (χ3n) is 2.55. The first kappa shape index (κ1) is 13.9. The van der Waals surface area contributed by atoms with Gasteiger partial charge in [-0.1, -0.05) is 0 Å². The Morgan fingerprint density at radius 1 is 1.35 bits per heavy atom. The van der Waals surface area contributed by atoms with E-state index in [0.717, 1.165) is 31.7 Å². The predicted octanol–water partition coefficient (Wildman–Crippen LogP) is 1.56. The SMILES string of the molecule is CCOCCCC(NC)c1nccnc1OC. The van der Waals surface area contributed by atoms with Crippen LogP contribution in [0.15, 0.2) is 12.4 Å². The summed E-state index contributed by atoms with van der Waals surface area (Å²) in [6.45, 7) is 3.54. The fourth-order valence-corrected chi connectivity index (χ4v) is 1.68. The van der Waals surface area contributed by atoms with Gasteiger partial charge >= 0.3 is 0 Å². The second kappa shape index (κ2) is 7.97. The van der Waals surface area contributed by atoms with Gasteiger partial charge in [-0.3, -0.25) is 4.98 Å². The average Bonchev–Trinajstić information content (AvgIpc) is 2.39. The van der Waals surface area contributed by atoms with E-state index < -0.39 is 0 Å². The molecular formula is C12H21N3O2. The Balaban J connectivity index is 2.59. The molecule has 1 heterocycles. The van der Waals surface area contributed by atoms with Crippen molar-refractivity contribution in [2.45, 2.75) is 25.8 Å². The molecule has 0 amide bonds. The van der Waals surface area contributed by atoms with E-state index in [1.807, 2.05) is 14.0 Å². The molecular weight excluding hydrogens is 218 g/mol. The molecule has 5 heteroatoms. The van der Waals surface area contributed by atoms with Crippen LogP contribution in [0, 0.1) is 0 Å². The van der Waals surface area contributed by atoms with E-state index in [4.69, 9.17) is 9.47 Å². The molecule has 1 atom stereocenters. The normalized spacial score (nSPS) is 12.4. The molecule has 17 heavy (non-hydrogen) atoms. The van der Waals surface area contributed by atoms with E-state index >= 15 is 0 Å². The summed E-state index contributed by atoms with van der Waals surface area (Å²) < 4.78 is 10.5. The first-order valence-corrected chi connectivity index (χ1v) is 5.93. The molecule has 96 valence electrons. The number of rotatable bonds is 8. The van der Waals surface area contributed by atoms with Crippen LogP contribution in [0.3, 0.4) is 0 Å². The van der Waals surface area contributed by atoms with Crippen molar-refractivity contribution in [3.8, 4) is 5.88 Å². The lowest BCUT2D eigenvalue weighted by atomic mass is 10.1. The van der Waals surface area contributed by atoms with Gasteiger partial charge in [-0.15, -0.1) is 0 Å². The van der Waals surface area contributed by atoms with Crippen LogP contribution in [0.4, 0.5) is 0 Å². The van der Waals surface area contributed by atoms with Gasteiger partial charge in [-0.25, -0.2) is 4.98 Å². The minimum absolute atomic E-state index is 0.152. The van der Waals surface area contributed by atoms with Crippen LogP contribution in [-0.4, -0.2) is 37.3 Å². The first-order valence-electron chi connectivity index (χ1n) is 5.93. The molecule has 1 N–H and O–H groups in total. The summed E-state index contributed by atoms with van der Waals surface area (Å²) in [7, 11) is 3.53. The molecule has 0 bridgehead atoms. The molecule has 0 aliphatic carbocycles. The Bertz CT molecular complexity index is 320. The van der Waals surface area contributed by atoms with E-state index in [-0.39, 0.29) is 6.04 Å². The van der Waals surface area contributed by atoms with Crippen LogP contribution in [-0.2, 0) is 4.74 Å². The van der Waals surface area contributed by atoms with E-state index in [0.29, 0.717) is 5.88 Å². The van der Waals surface area contributed by atoms with Crippen molar-refractivity contribution in [2.75, 3.05) is 27.4 Å². The quantitative estimate of drug-likeness (QED) is 0.698. The lowest BCUT2D eigenvalue weighted by Crippen LogP contribution is -2.19. The summed E-state index contributed by atoms with van der Waals surface area (Å²) >= 11 is 0. The van der Waals surface area contributed by atoms with Crippen molar-refractivity contribution in [3.63, 3.8) is 0 Å². The van der Waals surface area contributed by atoms with Crippen molar-refractivity contribution >= 4 is 0 Å². The van der Waals surface area contributed by atoms with Crippen LogP contribution in [0.5, 0.6) is 5.88 Å². The predicted molar refractivity (Wildman–Crippen MR) is 66.1 cm³/mol. The molecule has 1 aromatic rings.